The van der Waals surface area contributed by atoms with Crippen molar-refractivity contribution >= 4 is 17.5 Å². The number of Topliss-reactive ketones (excluding diaryl/α,β-unsaturated/α-hetero) is 1. The predicted molar refractivity (Wildman–Crippen MR) is 118 cm³/mol. The van der Waals surface area contributed by atoms with Crippen LogP contribution in [0, 0.1) is 11.7 Å². The van der Waals surface area contributed by atoms with Crippen LogP contribution in [0.3, 0.4) is 0 Å². The number of hydrogen-bond acceptors (Lipinski definition) is 5. The van der Waals surface area contributed by atoms with Gasteiger partial charge in [-0.2, -0.15) is 10.2 Å². The Labute approximate surface area is 185 Å². The first-order valence-corrected chi connectivity index (χ1v) is 10.6. The molecule has 0 bridgehead atoms. The van der Waals surface area contributed by atoms with Crippen LogP contribution in [-0.4, -0.2) is 49.7 Å². The highest BCUT2D eigenvalue weighted by atomic mass is 19.1. The Balaban J connectivity index is 1.50. The molecule has 8 nitrogen and oxygen atoms in total. The van der Waals surface area contributed by atoms with Crippen LogP contribution in [-0.2, 0) is 5.41 Å². The molecule has 1 saturated heterocycles. The number of anilines is 1. The summed E-state index contributed by atoms with van der Waals surface area (Å²) in [5, 5.41) is 11.3. The summed E-state index contributed by atoms with van der Waals surface area (Å²) in [4.78, 5) is 27.9. The lowest BCUT2D eigenvalue weighted by molar-refractivity contribution is 0.0632. The van der Waals surface area contributed by atoms with Gasteiger partial charge in [0.15, 0.2) is 5.78 Å². The second-order valence-electron chi connectivity index (χ2n) is 9.20. The normalized spacial score (nSPS) is 16.9. The van der Waals surface area contributed by atoms with E-state index < -0.39 is 0 Å². The monoisotopic (exact) mass is 438 g/mol. The summed E-state index contributed by atoms with van der Waals surface area (Å²) in [5.41, 5.74) is 8.17. The molecule has 3 heterocycles. The molecule has 0 radical (unpaired) electrons. The molecule has 3 N–H and O–H groups in total. The van der Waals surface area contributed by atoms with Crippen LogP contribution >= 0.6 is 0 Å². The number of likely N-dealkylation sites (tertiary alicyclic amines) is 1. The minimum absolute atomic E-state index is 0.145. The van der Waals surface area contributed by atoms with E-state index >= 15 is 0 Å². The third-order valence-electron chi connectivity index (χ3n) is 5.83. The molecule has 1 fully saturated rings. The minimum Gasteiger partial charge on any atom is -0.383 e. The van der Waals surface area contributed by atoms with E-state index in [1.807, 2.05) is 20.8 Å². The number of nitrogen functional groups attached to an aromatic ring is 1. The minimum atomic E-state index is -0.373. The van der Waals surface area contributed by atoms with Crippen LogP contribution in [0.1, 0.15) is 60.2 Å². The third-order valence-corrected chi connectivity index (χ3v) is 5.83. The Morgan fingerprint density at radius 1 is 1.22 bits per heavy atom. The molecule has 1 amide bonds. The number of hydrogen-bond donors (Lipinski definition) is 2. The quantitative estimate of drug-likeness (QED) is 0.607. The number of H-pyrrole nitrogens is 1. The fraction of sp³-hybridized carbons (Fsp3) is 0.391. The summed E-state index contributed by atoms with van der Waals surface area (Å²) in [7, 11) is 0. The second kappa shape index (κ2) is 8.22. The number of piperidine rings is 1. The van der Waals surface area contributed by atoms with Crippen molar-refractivity contribution in [3.63, 3.8) is 0 Å². The summed E-state index contributed by atoms with van der Waals surface area (Å²) >= 11 is 0. The SMILES string of the molecule is CC(C)(C)c1cc(C(=O)N2CCCC(C(=O)c3cnn(-c4ccc(F)cc4)c3N)C2)n[nH]1. The van der Waals surface area contributed by atoms with Gasteiger partial charge in [0.2, 0.25) is 0 Å². The van der Waals surface area contributed by atoms with Crippen LogP contribution < -0.4 is 5.73 Å². The number of nitrogens with zero attached hydrogens (tertiary/aromatic N) is 4. The highest BCUT2D eigenvalue weighted by Crippen LogP contribution is 2.27. The Hall–Kier alpha value is -3.49. The van der Waals surface area contributed by atoms with Gasteiger partial charge in [-0.1, -0.05) is 20.8 Å². The van der Waals surface area contributed by atoms with Crippen molar-refractivity contribution in [3.8, 4) is 5.69 Å². The van der Waals surface area contributed by atoms with Gasteiger partial charge in [-0.15, -0.1) is 0 Å². The van der Waals surface area contributed by atoms with Gasteiger partial charge in [-0.3, -0.25) is 14.7 Å². The Morgan fingerprint density at radius 3 is 2.59 bits per heavy atom. The summed E-state index contributed by atoms with van der Waals surface area (Å²) in [6, 6.07) is 7.48. The highest BCUT2D eigenvalue weighted by Gasteiger charge is 2.32. The summed E-state index contributed by atoms with van der Waals surface area (Å²) < 4.78 is 14.6. The van der Waals surface area contributed by atoms with E-state index in [2.05, 4.69) is 15.3 Å². The number of halogens is 1. The van der Waals surface area contributed by atoms with E-state index in [1.165, 1.54) is 23.0 Å². The first-order valence-electron chi connectivity index (χ1n) is 10.6. The third kappa shape index (κ3) is 4.15. The van der Waals surface area contributed by atoms with E-state index in [4.69, 9.17) is 5.73 Å². The molecule has 168 valence electrons. The molecule has 4 rings (SSSR count). The number of nitrogens with one attached hydrogen (secondary N) is 1. The first kappa shape index (κ1) is 21.7. The fourth-order valence-corrected chi connectivity index (χ4v) is 3.91. The van der Waals surface area contributed by atoms with Crippen molar-refractivity contribution in [3.05, 3.63) is 59.3 Å². The maximum absolute atomic E-state index is 13.2. The van der Waals surface area contributed by atoms with Crippen molar-refractivity contribution in [2.75, 3.05) is 18.8 Å². The summed E-state index contributed by atoms with van der Waals surface area (Å²) in [6.07, 6.45) is 2.81. The zero-order valence-corrected chi connectivity index (χ0v) is 18.4. The number of aromatic nitrogens is 4. The smallest absolute Gasteiger partial charge is 0.274 e. The number of carbonyl (C=O) groups excluding carboxylic acids is 2. The molecule has 3 aromatic rings. The largest absolute Gasteiger partial charge is 0.383 e. The molecule has 2 aromatic heterocycles. The molecule has 1 atom stereocenters. The standard InChI is InChI=1S/C23H27FN6O2/c1-23(2,3)19-11-18(27-28-19)22(32)29-10-4-5-14(13-29)20(31)17-12-26-30(21(17)25)16-8-6-15(24)7-9-16/h6-9,11-12,14H,4-5,10,13,25H2,1-3H3,(H,27,28). The Bertz CT molecular complexity index is 1140. The zero-order chi connectivity index (χ0) is 23.0. The molecule has 0 saturated carbocycles. The fourth-order valence-electron chi connectivity index (χ4n) is 3.91. The van der Waals surface area contributed by atoms with Gasteiger partial charge in [0.1, 0.15) is 17.3 Å². The number of aromatic amines is 1. The maximum atomic E-state index is 13.2. The van der Waals surface area contributed by atoms with Gasteiger partial charge < -0.3 is 10.6 Å². The lowest BCUT2D eigenvalue weighted by Gasteiger charge is -2.31. The number of benzene rings is 1. The van der Waals surface area contributed by atoms with Crippen LogP contribution in [0.2, 0.25) is 0 Å². The van der Waals surface area contributed by atoms with E-state index in [-0.39, 0.29) is 34.7 Å². The molecule has 1 aliphatic heterocycles. The Morgan fingerprint density at radius 2 is 1.94 bits per heavy atom. The number of rotatable bonds is 4. The molecular formula is C23H27FN6O2. The van der Waals surface area contributed by atoms with Crippen LogP contribution in [0.5, 0.6) is 0 Å². The van der Waals surface area contributed by atoms with Crippen molar-refractivity contribution < 1.29 is 14.0 Å². The maximum Gasteiger partial charge on any atom is 0.274 e. The molecular weight excluding hydrogens is 411 g/mol. The van der Waals surface area contributed by atoms with Gasteiger partial charge in [0.05, 0.1) is 17.4 Å². The van der Waals surface area contributed by atoms with Crippen LogP contribution in [0.25, 0.3) is 5.69 Å². The van der Waals surface area contributed by atoms with Crippen molar-refractivity contribution in [1.82, 2.24) is 24.9 Å². The second-order valence-corrected chi connectivity index (χ2v) is 9.20. The molecule has 1 aliphatic rings. The summed E-state index contributed by atoms with van der Waals surface area (Å²) in [5.74, 6) is -0.877. The van der Waals surface area contributed by atoms with Crippen LogP contribution in [0.15, 0.2) is 36.5 Å². The lowest BCUT2D eigenvalue weighted by atomic mass is 9.90. The predicted octanol–water partition coefficient (Wildman–Crippen LogP) is 3.35. The van der Waals surface area contributed by atoms with Crippen molar-refractivity contribution in [2.24, 2.45) is 5.92 Å². The van der Waals surface area contributed by atoms with Crippen LogP contribution in [0.4, 0.5) is 10.2 Å². The average Bonchev–Trinajstić information content (AvgIpc) is 3.41. The number of ketones is 1. The number of amides is 1. The average molecular weight is 439 g/mol. The topological polar surface area (TPSA) is 110 Å². The van der Waals surface area contributed by atoms with Gasteiger partial charge in [-0.25, -0.2) is 9.07 Å². The lowest BCUT2D eigenvalue weighted by Crippen LogP contribution is -2.42. The molecule has 9 heteroatoms. The van der Waals surface area contributed by atoms with Gasteiger partial charge in [-0.05, 0) is 43.2 Å². The molecule has 1 aromatic carbocycles. The van der Waals surface area contributed by atoms with E-state index in [0.29, 0.717) is 42.9 Å². The Kier molecular flexibility index (Phi) is 5.58. The zero-order valence-electron chi connectivity index (χ0n) is 18.4. The molecule has 32 heavy (non-hydrogen) atoms. The van der Waals surface area contributed by atoms with Gasteiger partial charge in [0, 0.05) is 30.1 Å². The molecule has 1 unspecified atom stereocenters. The number of nitrogens with two attached hydrogens (primary N) is 1. The van der Waals surface area contributed by atoms with Gasteiger partial charge >= 0.3 is 0 Å². The van der Waals surface area contributed by atoms with Gasteiger partial charge in [0.25, 0.3) is 5.91 Å². The first-order chi connectivity index (χ1) is 15.1. The highest BCUT2D eigenvalue weighted by molar-refractivity contribution is 6.02. The van der Waals surface area contributed by atoms with Crippen molar-refractivity contribution in [1.29, 1.82) is 0 Å². The van der Waals surface area contributed by atoms with E-state index in [9.17, 15) is 14.0 Å². The number of carbonyl (C=O) groups is 2. The molecule has 0 spiro atoms. The van der Waals surface area contributed by atoms with Crippen molar-refractivity contribution in [2.45, 2.75) is 39.0 Å². The van der Waals surface area contributed by atoms with E-state index in [1.54, 1.807) is 23.1 Å². The summed E-state index contributed by atoms with van der Waals surface area (Å²) in [6.45, 7) is 7.00. The van der Waals surface area contributed by atoms with E-state index in [0.717, 1.165) is 5.69 Å². The molecule has 0 aliphatic carbocycles.